The average molecular weight is 422 g/mol. The van der Waals surface area contributed by atoms with Gasteiger partial charge in [-0.1, -0.05) is 35.9 Å². The Bertz CT molecular complexity index is 1080. The molecule has 0 aliphatic rings. The zero-order valence-corrected chi connectivity index (χ0v) is 15.7. The van der Waals surface area contributed by atoms with Gasteiger partial charge in [0.1, 0.15) is 5.75 Å². The molecule has 0 unspecified atom stereocenters. The van der Waals surface area contributed by atoms with E-state index in [-0.39, 0.29) is 23.4 Å². The van der Waals surface area contributed by atoms with Crippen molar-refractivity contribution in [2.24, 2.45) is 0 Å². The number of carbonyl (C=O) groups is 1. The van der Waals surface area contributed by atoms with E-state index in [9.17, 15) is 22.8 Å². The number of alkyl halides is 3. The summed E-state index contributed by atoms with van der Waals surface area (Å²) in [5.41, 5.74) is 0.0774. The summed E-state index contributed by atoms with van der Waals surface area (Å²) < 4.78 is 43.5. The summed E-state index contributed by atoms with van der Waals surface area (Å²) in [6.07, 6.45) is -3.16. The van der Waals surface area contributed by atoms with Crippen molar-refractivity contribution in [1.82, 2.24) is 4.57 Å². The number of aromatic nitrogens is 1. The molecule has 1 aromatic heterocycles. The van der Waals surface area contributed by atoms with E-state index in [1.165, 1.54) is 36.5 Å². The number of ketones is 1. The van der Waals surface area contributed by atoms with Crippen LogP contribution in [0.4, 0.5) is 13.2 Å². The van der Waals surface area contributed by atoms with E-state index in [1.807, 2.05) is 0 Å². The van der Waals surface area contributed by atoms with Crippen LogP contribution in [0.3, 0.4) is 0 Å². The first-order chi connectivity index (χ1) is 13.7. The van der Waals surface area contributed by atoms with Crippen LogP contribution in [0.25, 0.3) is 5.69 Å². The minimum Gasteiger partial charge on any atom is -0.482 e. The second-order valence-corrected chi connectivity index (χ2v) is 6.63. The van der Waals surface area contributed by atoms with E-state index >= 15 is 0 Å². The number of hydrogen-bond donors (Lipinski definition) is 0. The van der Waals surface area contributed by atoms with Crippen LogP contribution < -0.4 is 10.3 Å². The molecule has 0 bridgehead atoms. The van der Waals surface area contributed by atoms with Crippen molar-refractivity contribution in [3.8, 4) is 11.4 Å². The Morgan fingerprint density at radius 1 is 1.00 bits per heavy atom. The summed E-state index contributed by atoms with van der Waals surface area (Å²) in [6.45, 7) is -1.49. The van der Waals surface area contributed by atoms with Gasteiger partial charge in [-0.2, -0.15) is 13.2 Å². The normalized spacial score (nSPS) is 11.3. The summed E-state index contributed by atoms with van der Waals surface area (Å²) >= 11 is 5.83. The van der Waals surface area contributed by atoms with Crippen LogP contribution >= 0.6 is 11.6 Å². The van der Waals surface area contributed by atoms with Gasteiger partial charge in [-0.25, -0.2) is 0 Å². The van der Waals surface area contributed by atoms with Gasteiger partial charge < -0.3 is 4.74 Å². The Labute approximate surface area is 169 Å². The molecule has 0 atom stereocenters. The standard InChI is InChI=1S/C21H15ClF3NO3/c22-15-9-7-14(8-10-15)12-18(27)16-4-3-11-26(20(16)28)17-5-1-2-6-19(17)29-13-21(23,24)25/h1-11H,12-13H2. The highest BCUT2D eigenvalue weighted by atomic mass is 35.5. The third kappa shape index (κ3) is 5.26. The first-order valence-corrected chi connectivity index (χ1v) is 8.91. The van der Waals surface area contributed by atoms with Crippen LogP contribution in [0.15, 0.2) is 71.7 Å². The number of carbonyl (C=O) groups excluding carboxylic acids is 1. The molecule has 0 radical (unpaired) electrons. The smallest absolute Gasteiger partial charge is 0.422 e. The highest BCUT2D eigenvalue weighted by Gasteiger charge is 2.29. The number of halogens is 4. The molecule has 1 heterocycles. The first kappa shape index (κ1) is 20.7. The highest BCUT2D eigenvalue weighted by molar-refractivity contribution is 6.30. The maximum Gasteiger partial charge on any atom is 0.422 e. The quantitative estimate of drug-likeness (QED) is 0.534. The zero-order valence-electron chi connectivity index (χ0n) is 14.9. The van der Waals surface area contributed by atoms with Crippen LogP contribution in [0.1, 0.15) is 15.9 Å². The van der Waals surface area contributed by atoms with Crippen LogP contribution in [0, 0.1) is 0 Å². The van der Waals surface area contributed by atoms with Crippen molar-refractivity contribution >= 4 is 17.4 Å². The minimum absolute atomic E-state index is 0.0113. The van der Waals surface area contributed by atoms with Gasteiger partial charge in [0.2, 0.25) is 0 Å². The molecule has 3 aromatic rings. The maximum atomic E-state index is 12.9. The number of rotatable bonds is 6. The lowest BCUT2D eigenvalue weighted by Crippen LogP contribution is -2.26. The molecule has 150 valence electrons. The molecule has 29 heavy (non-hydrogen) atoms. The Morgan fingerprint density at radius 2 is 1.69 bits per heavy atom. The molecule has 0 amide bonds. The van der Waals surface area contributed by atoms with Gasteiger partial charge in [-0.05, 0) is 42.0 Å². The Kier molecular flexibility index (Phi) is 6.08. The molecule has 0 aliphatic heterocycles. The van der Waals surface area contributed by atoms with Crippen LogP contribution in [0.5, 0.6) is 5.75 Å². The fourth-order valence-corrected chi connectivity index (χ4v) is 2.84. The molecule has 3 rings (SSSR count). The molecule has 0 saturated heterocycles. The van der Waals surface area contributed by atoms with E-state index in [0.717, 1.165) is 4.57 Å². The van der Waals surface area contributed by atoms with Crippen molar-refractivity contribution in [3.05, 3.63) is 93.4 Å². The SMILES string of the molecule is O=C(Cc1ccc(Cl)cc1)c1cccn(-c2ccccc2OCC(F)(F)F)c1=O. The van der Waals surface area contributed by atoms with Gasteiger partial charge in [-0.15, -0.1) is 0 Å². The minimum atomic E-state index is -4.52. The molecule has 0 saturated carbocycles. The van der Waals surface area contributed by atoms with Gasteiger partial charge in [0.15, 0.2) is 12.4 Å². The monoisotopic (exact) mass is 421 g/mol. The number of nitrogens with zero attached hydrogens (tertiary/aromatic N) is 1. The molecule has 0 N–H and O–H groups in total. The second-order valence-electron chi connectivity index (χ2n) is 6.20. The summed E-state index contributed by atoms with van der Waals surface area (Å²) in [6, 6.07) is 15.3. The fraction of sp³-hybridized carbons (Fsp3) is 0.143. The fourth-order valence-electron chi connectivity index (χ4n) is 2.72. The summed E-state index contributed by atoms with van der Waals surface area (Å²) in [7, 11) is 0. The van der Waals surface area contributed by atoms with Gasteiger partial charge in [0.25, 0.3) is 5.56 Å². The predicted molar refractivity (Wildman–Crippen MR) is 103 cm³/mol. The lowest BCUT2D eigenvalue weighted by atomic mass is 10.0. The Morgan fingerprint density at radius 3 is 2.38 bits per heavy atom. The zero-order chi connectivity index (χ0) is 21.0. The van der Waals surface area contributed by atoms with Crippen molar-refractivity contribution in [2.45, 2.75) is 12.6 Å². The van der Waals surface area contributed by atoms with Gasteiger partial charge in [0.05, 0.1) is 11.3 Å². The Balaban J connectivity index is 1.92. The number of benzene rings is 2. The third-order valence-electron chi connectivity index (χ3n) is 4.04. The van der Waals surface area contributed by atoms with Crippen LogP contribution in [0.2, 0.25) is 5.02 Å². The number of ether oxygens (including phenoxy) is 1. The predicted octanol–water partition coefficient (Wildman–Crippen LogP) is 4.86. The largest absolute Gasteiger partial charge is 0.482 e. The summed E-state index contributed by atoms with van der Waals surface area (Å²) in [5, 5.41) is 0.527. The van der Waals surface area contributed by atoms with E-state index in [2.05, 4.69) is 0 Å². The molecule has 2 aromatic carbocycles. The van der Waals surface area contributed by atoms with E-state index in [4.69, 9.17) is 16.3 Å². The Hall–Kier alpha value is -3.06. The third-order valence-corrected chi connectivity index (χ3v) is 4.29. The van der Waals surface area contributed by atoms with E-state index in [0.29, 0.717) is 10.6 Å². The number of pyridine rings is 1. The van der Waals surface area contributed by atoms with Crippen molar-refractivity contribution in [1.29, 1.82) is 0 Å². The van der Waals surface area contributed by atoms with Crippen LogP contribution in [-0.4, -0.2) is 23.1 Å². The van der Waals surface area contributed by atoms with Crippen molar-refractivity contribution in [2.75, 3.05) is 6.61 Å². The maximum absolute atomic E-state index is 12.9. The molecule has 0 aliphatic carbocycles. The van der Waals surface area contributed by atoms with Gasteiger partial charge in [-0.3, -0.25) is 14.2 Å². The summed E-state index contributed by atoms with van der Waals surface area (Å²) in [4.78, 5) is 25.5. The molecule has 0 fully saturated rings. The van der Waals surface area contributed by atoms with Crippen molar-refractivity contribution in [3.63, 3.8) is 0 Å². The number of hydrogen-bond acceptors (Lipinski definition) is 3. The molecule has 0 spiro atoms. The molecule has 4 nitrogen and oxygen atoms in total. The van der Waals surface area contributed by atoms with Gasteiger partial charge in [0, 0.05) is 17.6 Å². The van der Waals surface area contributed by atoms with Crippen molar-refractivity contribution < 1.29 is 22.7 Å². The van der Waals surface area contributed by atoms with Gasteiger partial charge >= 0.3 is 6.18 Å². The lowest BCUT2D eigenvalue weighted by molar-refractivity contribution is -0.153. The molecular weight excluding hydrogens is 407 g/mol. The lowest BCUT2D eigenvalue weighted by Gasteiger charge is -2.15. The number of Topliss-reactive ketones (excluding diaryl/α,β-unsaturated/α-hetero) is 1. The molecule has 8 heteroatoms. The van der Waals surface area contributed by atoms with Crippen LogP contribution in [-0.2, 0) is 6.42 Å². The topological polar surface area (TPSA) is 48.3 Å². The summed E-state index contributed by atoms with van der Waals surface area (Å²) in [5.74, 6) is -0.533. The molecular formula is C21H15ClF3NO3. The first-order valence-electron chi connectivity index (χ1n) is 8.53. The van der Waals surface area contributed by atoms with E-state index in [1.54, 1.807) is 30.3 Å². The number of para-hydroxylation sites is 2. The highest BCUT2D eigenvalue weighted by Crippen LogP contribution is 2.24. The second kappa shape index (κ2) is 8.53. The van der Waals surface area contributed by atoms with E-state index < -0.39 is 24.1 Å². The average Bonchev–Trinajstić information content (AvgIpc) is 2.68.